The second-order valence-electron chi connectivity index (χ2n) is 7.08. The van der Waals surface area contributed by atoms with E-state index in [2.05, 4.69) is 4.72 Å². The fraction of sp³-hybridized carbons (Fsp3) is 0.333. The number of hydrogen-bond acceptors (Lipinski definition) is 5. The van der Waals surface area contributed by atoms with Gasteiger partial charge in [-0.25, -0.2) is 17.6 Å². The van der Waals surface area contributed by atoms with Crippen LogP contribution in [0, 0.1) is 12.7 Å². The van der Waals surface area contributed by atoms with Gasteiger partial charge in [0.2, 0.25) is 0 Å². The molecule has 0 atom stereocenters. The number of carbonyl (C=O) groups excluding carboxylic acids is 2. The highest BCUT2D eigenvalue weighted by Crippen LogP contribution is 2.23. The number of para-hydroxylation sites is 1. The zero-order valence-electron chi connectivity index (χ0n) is 16.6. The zero-order valence-corrected chi connectivity index (χ0v) is 17.4. The Balaban J connectivity index is 1.73. The van der Waals surface area contributed by atoms with Crippen molar-refractivity contribution >= 4 is 27.6 Å². The number of aryl methyl sites for hydroxylation is 1. The van der Waals surface area contributed by atoms with Crippen LogP contribution in [0.5, 0.6) is 0 Å². The van der Waals surface area contributed by atoms with Gasteiger partial charge in [-0.05, 0) is 62.1 Å². The van der Waals surface area contributed by atoms with Crippen molar-refractivity contribution in [2.75, 3.05) is 24.4 Å². The maximum absolute atomic E-state index is 13.3. The fourth-order valence-corrected chi connectivity index (χ4v) is 4.61. The van der Waals surface area contributed by atoms with Gasteiger partial charge in [0.25, 0.3) is 15.9 Å². The standard InChI is InChI=1S/C21H23FN2O5S/c1-15-13-16(22)9-10-19(15)30(27,28)23-18-8-4-3-7-17(18)21(26)29-14-20(25)24-11-5-2-6-12-24/h3-4,7-10,13,23H,2,5-6,11-12,14H2,1H3. The van der Waals surface area contributed by atoms with Crippen molar-refractivity contribution in [2.24, 2.45) is 0 Å². The third kappa shape index (κ3) is 5.15. The van der Waals surface area contributed by atoms with Gasteiger partial charge in [-0.1, -0.05) is 12.1 Å². The Morgan fingerprint density at radius 1 is 1.10 bits per heavy atom. The predicted molar refractivity (Wildman–Crippen MR) is 109 cm³/mol. The number of nitrogens with one attached hydrogen (secondary N) is 1. The highest BCUT2D eigenvalue weighted by Gasteiger charge is 2.23. The number of piperidine rings is 1. The Hall–Kier alpha value is -2.94. The molecule has 2 aromatic carbocycles. The molecule has 0 spiro atoms. The first-order chi connectivity index (χ1) is 14.3. The first kappa shape index (κ1) is 21.8. The number of anilines is 1. The fourth-order valence-electron chi connectivity index (χ4n) is 3.30. The minimum absolute atomic E-state index is 0.0108. The number of esters is 1. The summed E-state index contributed by atoms with van der Waals surface area (Å²) in [5.41, 5.74) is 0.221. The van der Waals surface area contributed by atoms with E-state index >= 15 is 0 Å². The van der Waals surface area contributed by atoms with Crippen molar-refractivity contribution in [3.05, 3.63) is 59.4 Å². The normalized spacial score (nSPS) is 14.3. The van der Waals surface area contributed by atoms with Crippen LogP contribution in [0.25, 0.3) is 0 Å². The Bertz CT molecular complexity index is 1050. The van der Waals surface area contributed by atoms with E-state index in [1.807, 2.05) is 0 Å². The average Bonchev–Trinajstić information content (AvgIpc) is 2.72. The summed E-state index contributed by atoms with van der Waals surface area (Å²) in [6.45, 7) is 2.36. The summed E-state index contributed by atoms with van der Waals surface area (Å²) in [4.78, 5) is 26.3. The zero-order chi connectivity index (χ0) is 21.7. The summed E-state index contributed by atoms with van der Waals surface area (Å²) < 4.78 is 46.3. The van der Waals surface area contributed by atoms with E-state index < -0.39 is 28.4 Å². The number of carbonyl (C=O) groups is 2. The molecule has 0 bridgehead atoms. The average molecular weight is 434 g/mol. The molecule has 7 nitrogen and oxygen atoms in total. The topological polar surface area (TPSA) is 92.8 Å². The van der Waals surface area contributed by atoms with Crippen molar-refractivity contribution in [3.8, 4) is 0 Å². The number of hydrogen-bond donors (Lipinski definition) is 1. The van der Waals surface area contributed by atoms with Gasteiger partial charge in [0, 0.05) is 13.1 Å². The third-order valence-corrected chi connectivity index (χ3v) is 6.38. The molecule has 1 fully saturated rings. The molecule has 2 aromatic rings. The van der Waals surface area contributed by atoms with Crippen LogP contribution in [-0.4, -0.2) is 44.9 Å². The molecule has 0 saturated carbocycles. The van der Waals surface area contributed by atoms with Crippen LogP contribution in [0.3, 0.4) is 0 Å². The van der Waals surface area contributed by atoms with E-state index in [4.69, 9.17) is 4.74 Å². The van der Waals surface area contributed by atoms with Crippen molar-refractivity contribution in [3.63, 3.8) is 0 Å². The lowest BCUT2D eigenvalue weighted by atomic mass is 10.1. The maximum atomic E-state index is 13.3. The number of halogens is 1. The van der Waals surface area contributed by atoms with E-state index in [0.717, 1.165) is 37.5 Å². The Morgan fingerprint density at radius 2 is 1.80 bits per heavy atom. The van der Waals surface area contributed by atoms with Crippen LogP contribution >= 0.6 is 0 Å². The molecular weight excluding hydrogens is 411 g/mol. The molecule has 0 aromatic heterocycles. The lowest BCUT2D eigenvalue weighted by Gasteiger charge is -2.26. The smallest absolute Gasteiger partial charge is 0.340 e. The Morgan fingerprint density at radius 3 is 2.50 bits per heavy atom. The molecule has 0 radical (unpaired) electrons. The van der Waals surface area contributed by atoms with Gasteiger partial charge in [0.1, 0.15) is 5.82 Å². The van der Waals surface area contributed by atoms with Crippen molar-refractivity contribution in [2.45, 2.75) is 31.1 Å². The van der Waals surface area contributed by atoms with Gasteiger partial charge in [0.05, 0.1) is 16.1 Å². The van der Waals surface area contributed by atoms with Crippen molar-refractivity contribution in [1.82, 2.24) is 4.90 Å². The molecule has 0 aliphatic carbocycles. The summed E-state index contributed by atoms with van der Waals surface area (Å²) in [5.74, 6) is -1.63. The van der Waals surface area contributed by atoms with Crippen LogP contribution in [0.15, 0.2) is 47.4 Å². The molecule has 1 amide bonds. The molecule has 9 heteroatoms. The monoisotopic (exact) mass is 434 g/mol. The number of ether oxygens (including phenoxy) is 1. The van der Waals surface area contributed by atoms with Gasteiger partial charge in [0.15, 0.2) is 6.61 Å². The molecule has 0 unspecified atom stereocenters. The van der Waals surface area contributed by atoms with E-state index in [-0.39, 0.29) is 27.6 Å². The van der Waals surface area contributed by atoms with E-state index in [1.54, 1.807) is 17.0 Å². The van der Waals surface area contributed by atoms with Gasteiger partial charge >= 0.3 is 5.97 Å². The largest absolute Gasteiger partial charge is 0.452 e. The Labute approximate surface area is 174 Å². The van der Waals surface area contributed by atoms with Gasteiger partial charge < -0.3 is 9.64 Å². The van der Waals surface area contributed by atoms with E-state index in [1.165, 1.54) is 19.1 Å². The number of benzene rings is 2. The number of amides is 1. The highest BCUT2D eigenvalue weighted by molar-refractivity contribution is 7.92. The Kier molecular flexibility index (Phi) is 6.71. The number of sulfonamides is 1. The second-order valence-corrected chi connectivity index (χ2v) is 8.73. The number of likely N-dealkylation sites (tertiary alicyclic amines) is 1. The summed E-state index contributed by atoms with van der Waals surface area (Å²) in [7, 11) is -4.06. The first-order valence-electron chi connectivity index (χ1n) is 9.61. The summed E-state index contributed by atoms with van der Waals surface area (Å²) in [6.07, 6.45) is 2.92. The predicted octanol–water partition coefficient (Wildman–Crippen LogP) is 3.10. The minimum atomic E-state index is -4.06. The lowest BCUT2D eigenvalue weighted by Crippen LogP contribution is -2.38. The molecule has 1 N–H and O–H groups in total. The van der Waals surface area contributed by atoms with Crippen LogP contribution in [0.1, 0.15) is 35.2 Å². The molecule has 3 rings (SSSR count). The molecular formula is C21H23FN2O5S. The molecule has 1 saturated heterocycles. The molecule has 1 heterocycles. The minimum Gasteiger partial charge on any atom is -0.452 e. The van der Waals surface area contributed by atoms with Gasteiger partial charge in [-0.2, -0.15) is 0 Å². The van der Waals surface area contributed by atoms with Crippen molar-refractivity contribution < 1.29 is 27.1 Å². The number of rotatable bonds is 6. The van der Waals surface area contributed by atoms with Crippen LogP contribution < -0.4 is 4.72 Å². The quantitative estimate of drug-likeness (QED) is 0.706. The van der Waals surface area contributed by atoms with Crippen LogP contribution in [0.2, 0.25) is 0 Å². The first-order valence-corrected chi connectivity index (χ1v) is 11.1. The summed E-state index contributed by atoms with van der Waals surface area (Å²) >= 11 is 0. The molecule has 1 aliphatic rings. The molecule has 160 valence electrons. The van der Waals surface area contributed by atoms with Crippen LogP contribution in [-0.2, 0) is 19.6 Å². The van der Waals surface area contributed by atoms with Crippen molar-refractivity contribution in [1.29, 1.82) is 0 Å². The van der Waals surface area contributed by atoms with Gasteiger partial charge in [-0.3, -0.25) is 9.52 Å². The highest BCUT2D eigenvalue weighted by atomic mass is 32.2. The third-order valence-electron chi connectivity index (χ3n) is 4.85. The summed E-state index contributed by atoms with van der Waals surface area (Å²) in [5, 5.41) is 0. The van der Waals surface area contributed by atoms with Gasteiger partial charge in [-0.15, -0.1) is 0 Å². The summed E-state index contributed by atoms with van der Waals surface area (Å²) in [6, 6.07) is 9.26. The molecule has 1 aliphatic heterocycles. The lowest BCUT2D eigenvalue weighted by molar-refractivity contribution is -0.135. The second kappa shape index (κ2) is 9.25. The van der Waals surface area contributed by atoms with E-state index in [9.17, 15) is 22.4 Å². The number of nitrogens with zero attached hydrogens (tertiary/aromatic N) is 1. The van der Waals surface area contributed by atoms with E-state index in [0.29, 0.717) is 13.1 Å². The maximum Gasteiger partial charge on any atom is 0.340 e. The van der Waals surface area contributed by atoms with Crippen LogP contribution in [0.4, 0.5) is 10.1 Å². The SMILES string of the molecule is Cc1cc(F)ccc1S(=O)(=O)Nc1ccccc1C(=O)OCC(=O)N1CCCCC1. The molecule has 30 heavy (non-hydrogen) atoms.